The lowest BCUT2D eigenvalue weighted by atomic mass is 9.99. The number of hydrogen-bond donors (Lipinski definition) is 5. The van der Waals surface area contributed by atoms with E-state index in [0.29, 0.717) is 18.8 Å². The van der Waals surface area contributed by atoms with Crippen molar-refractivity contribution in [1.82, 2.24) is 25.4 Å². The summed E-state index contributed by atoms with van der Waals surface area (Å²) in [6.07, 6.45) is -0.0489. The Hall–Kier alpha value is -1.96. The molecule has 0 spiro atoms. The van der Waals surface area contributed by atoms with Gasteiger partial charge in [-0.3, -0.25) is 25.3 Å². The minimum Gasteiger partial charge on any atom is -0.364 e. The minimum atomic E-state index is -1.06. The quantitative estimate of drug-likeness (QED) is 0.332. The highest BCUT2D eigenvalue weighted by atomic mass is 19.1. The van der Waals surface area contributed by atoms with Crippen LogP contribution in [0.5, 0.6) is 0 Å². The molecule has 3 fully saturated rings. The maximum absolute atomic E-state index is 14.9. The summed E-state index contributed by atoms with van der Waals surface area (Å²) in [6.45, 7) is 5.24. The van der Waals surface area contributed by atoms with E-state index < -0.39 is 36.1 Å². The van der Waals surface area contributed by atoms with Gasteiger partial charge in [-0.25, -0.2) is 8.78 Å². The van der Waals surface area contributed by atoms with Crippen LogP contribution in [0.2, 0.25) is 0 Å². The smallest absolute Gasteiger partial charge is 0.233 e. The summed E-state index contributed by atoms with van der Waals surface area (Å²) >= 11 is 0. The van der Waals surface area contributed by atoms with Crippen molar-refractivity contribution in [2.75, 3.05) is 69.6 Å². The van der Waals surface area contributed by atoms with Crippen molar-refractivity contribution in [2.24, 2.45) is 17.4 Å². The van der Waals surface area contributed by atoms with E-state index in [1.54, 1.807) is 0 Å². The zero-order valence-corrected chi connectivity index (χ0v) is 18.3. The molecule has 3 aliphatic heterocycles. The summed E-state index contributed by atoms with van der Waals surface area (Å²) in [5.74, 6) is -1.86. The Kier molecular flexibility index (Phi) is 7.17. The van der Waals surface area contributed by atoms with E-state index in [4.69, 9.17) is 11.5 Å². The van der Waals surface area contributed by atoms with Gasteiger partial charge in [-0.1, -0.05) is 0 Å². The number of carbonyl (C=O) groups is 1. The van der Waals surface area contributed by atoms with Crippen LogP contribution in [0.1, 0.15) is 0 Å². The molecule has 1 amide bonds. The molecule has 0 aromatic carbocycles. The number of nitrogens with one attached hydrogen (secondary N) is 3. The first-order valence-electron chi connectivity index (χ1n) is 11.1. The number of amides is 1. The first-order chi connectivity index (χ1) is 15.3. The molecule has 10 nitrogen and oxygen atoms in total. The van der Waals surface area contributed by atoms with E-state index in [2.05, 4.69) is 37.8 Å². The number of nitrogens with two attached hydrogens (primary N) is 2. The lowest BCUT2D eigenvalue weighted by molar-refractivity contribution is -0.122. The molecule has 32 heavy (non-hydrogen) atoms. The molecule has 1 aromatic rings. The first kappa shape index (κ1) is 23.2. The number of anilines is 2. The summed E-state index contributed by atoms with van der Waals surface area (Å²) in [5.41, 5.74) is 12.4. The van der Waals surface area contributed by atoms with Gasteiger partial charge < -0.3 is 26.6 Å². The number of likely N-dealkylation sites (N-methyl/N-ethyl adjacent to an activating group) is 1. The Balaban J connectivity index is 1.52. The van der Waals surface area contributed by atoms with Gasteiger partial charge >= 0.3 is 0 Å². The van der Waals surface area contributed by atoms with E-state index in [1.807, 2.05) is 4.90 Å². The molecule has 0 aliphatic carbocycles. The van der Waals surface area contributed by atoms with Crippen molar-refractivity contribution in [2.45, 2.75) is 24.5 Å². The molecule has 3 saturated heterocycles. The first-order valence-corrected chi connectivity index (χ1v) is 11.1. The third-order valence-electron chi connectivity index (χ3n) is 6.54. The number of hydrogen-bond acceptors (Lipinski definition) is 9. The van der Waals surface area contributed by atoms with Gasteiger partial charge in [0.15, 0.2) is 5.82 Å². The van der Waals surface area contributed by atoms with Gasteiger partial charge in [0.05, 0.1) is 36.3 Å². The number of piperazine rings is 2. The molecule has 1 aromatic heterocycles. The average Bonchev–Trinajstić information content (AvgIpc) is 2.74. The number of halogens is 2. The highest BCUT2D eigenvalue weighted by Crippen LogP contribution is 2.31. The van der Waals surface area contributed by atoms with Crippen LogP contribution in [-0.2, 0) is 4.79 Å². The number of aromatic nitrogens is 1. The highest BCUT2D eigenvalue weighted by Gasteiger charge is 2.36. The monoisotopic (exact) mass is 453 g/mol. The topological polar surface area (TPSA) is 128 Å². The number of rotatable bonds is 5. The Morgan fingerprint density at radius 3 is 2.62 bits per heavy atom. The summed E-state index contributed by atoms with van der Waals surface area (Å²) < 4.78 is 28.4. The van der Waals surface area contributed by atoms with Gasteiger partial charge in [-0.2, -0.15) is 0 Å². The zero-order chi connectivity index (χ0) is 22.8. The van der Waals surface area contributed by atoms with Crippen molar-refractivity contribution in [3.63, 3.8) is 0 Å². The fourth-order valence-electron chi connectivity index (χ4n) is 4.83. The van der Waals surface area contributed by atoms with E-state index in [-0.39, 0.29) is 24.8 Å². The predicted octanol–water partition coefficient (Wildman–Crippen LogP) is -1.69. The largest absolute Gasteiger partial charge is 0.364 e. The van der Waals surface area contributed by atoms with Crippen LogP contribution in [0.4, 0.5) is 20.2 Å². The van der Waals surface area contributed by atoms with Crippen LogP contribution in [0.3, 0.4) is 0 Å². The molecule has 178 valence electrons. The van der Waals surface area contributed by atoms with Crippen LogP contribution in [0.25, 0.3) is 0 Å². The summed E-state index contributed by atoms with van der Waals surface area (Å²) in [4.78, 5) is 23.7. The van der Waals surface area contributed by atoms with Crippen molar-refractivity contribution >= 4 is 17.3 Å². The minimum absolute atomic E-state index is 0.0983. The number of fused-ring (bicyclic) bond motifs is 1. The molecule has 2 atom stereocenters. The van der Waals surface area contributed by atoms with Gasteiger partial charge in [-0.05, 0) is 7.05 Å². The molecule has 0 saturated carbocycles. The lowest BCUT2D eigenvalue weighted by Gasteiger charge is -2.47. The zero-order valence-electron chi connectivity index (χ0n) is 18.3. The van der Waals surface area contributed by atoms with Crippen molar-refractivity contribution in [3.8, 4) is 0 Å². The van der Waals surface area contributed by atoms with Crippen LogP contribution >= 0.6 is 0 Å². The Morgan fingerprint density at radius 2 is 1.91 bits per heavy atom. The maximum Gasteiger partial charge on any atom is 0.233 e. The van der Waals surface area contributed by atoms with Crippen molar-refractivity contribution in [1.29, 1.82) is 0 Å². The molecular weight excluding hydrogens is 420 g/mol. The Morgan fingerprint density at radius 1 is 1.19 bits per heavy atom. The molecular formula is C20H33F2N9O. The SMILES string of the molecule is CN1CCN2CCN(c3c(F)cncc3NC(=O)C(C(N)N)C3NCC(F)CN3)CC2C1. The van der Waals surface area contributed by atoms with E-state index in [1.165, 1.54) is 6.20 Å². The van der Waals surface area contributed by atoms with Gasteiger partial charge in [0.1, 0.15) is 11.9 Å². The van der Waals surface area contributed by atoms with Crippen LogP contribution in [0, 0.1) is 11.7 Å². The number of pyridine rings is 1. The highest BCUT2D eigenvalue weighted by molar-refractivity contribution is 5.96. The van der Waals surface area contributed by atoms with E-state index in [0.717, 1.165) is 32.4 Å². The number of alkyl halides is 1. The summed E-state index contributed by atoms with van der Waals surface area (Å²) in [6, 6.07) is 0.285. The molecule has 4 rings (SSSR count). The van der Waals surface area contributed by atoms with Crippen molar-refractivity contribution < 1.29 is 13.6 Å². The summed E-state index contributed by atoms with van der Waals surface area (Å²) in [7, 11) is 2.09. The van der Waals surface area contributed by atoms with E-state index in [9.17, 15) is 13.6 Å². The Bertz CT molecular complexity index is 805. The molecule has 0 radical (unpaired) electrons. The third-order valence-corrected chi connectivity index (χ3v) is 6.54. The number of nitrogens with zero attached hydrogens (tertiary/aromatic N) is 4. The second-order valence-electron chi connectivity index (χ2n) is 8.90. The van der Waals surface area contributed by atoms with Crippen LogP contribution in [0.15, 0.2) is 12.4 Å². The third kappa shape index (κ3) is 5.00. The molecule has 4 heterocycles. The van der Waals surface area contributed by atoms with Gasteiger partial charge in [0, 0.05) is 58.4 Å². The fourth-order valence-corrected chi connectivity index (χ4v) is 4.83. The molecule has 12 heteroatoms. The maximum atomic E-state index is 14.9. The summed E-state index contributed by atoms with van der Waals surface area (Å²) in [5, 5.41) is 8.63. The second-order valence-corrected chi connectivity index (χ2v) is 8.90. The fraction of sp³-hybridized carbons (Fsp3) is 0.700. The second kappa shape index (κ2) is 9.89. The Labute approximate surface area is 186 Å². The predicted molar refractivity (Wildman–Crippen MR) is 118 cm³/mol. The normalized spacial score (nSPS) is 28.4. The van der Waals surface area contributed by atoms with Crippen LogP contribution in [-0.4, -0.2) is 105 Å². The van der Waals surface area contributed by atoms with Gasteiger partial charge in [0.2, 0.25) is 5.91 Å². The average molecular weight is 454 g/mol. The van der Waals surface area contributed by atoms with Gasteiger partial charge in [0.25, 0.3) is 0 Å². The van der Waals surface area contributed by atoms with E-state index >= 15 is 0 Å². The number of carbonyl (C=O) groups excluding carboxylic acids is 1. The van der Waals surface area contributed by atoms with Crippen molar-refractivity contribution in [3.05, 3.63) is 18.2 Å². The van der Waals surface area contributed by atoms with Gasteiger partial charge in [-0.15, -0.1) is 0 Å². The lowest BCUT2D eigenvalue weighted by Crippen LogP contribution is -2.64. The molecule has 0 bridgehead atoms. The molecule has 7 N–H and O–H groups in total. The van der Waals surface area contributed by atoms with Crippen LogP contribution < -0.4 is 32.3 Å². The molecule has 3 aliphatic rings. The standard InChI is InChI=1S/C20H33F2N9O/c1-29-2-3-30-4-5-31(11-13(30)10-29)17-14(22)8-25-9-15(17)28-20(32)16(18(23)24)19-26-6-12(21)7-27-19/h8-9,12-13,16,18-19,26-27H,2-7,10-11,23-24H2,1H3,(H,28,32). The molecule has 2 unspecified atom stereocenters.